The minimum Gasteiger partial charge on any atom is -0.494 e. The molecule has 1 amide bonds. The molecule has 0 saturated carbocycles. The Morgan fingerprint density at radius 1 is 1.11 bits per heavy atom. The van der Waals surface area contributed by atoms with Crippen molar-refractivity contribution in [3.8, 4) is 5.75 Å². The minimum atomic E-state index is -0.147. The third-order valence-electron chi connectivity index (χ3n) is 4.16. The fourth-order valence-electron chi connectivity index (χ4n) is 2.64. The summed E-state index contributed by atoms with van der Waals surface area (Å²) in [5.41, 5.74) is 2.34. The van der Waals surface area contributed by atoms with Gasteiger partial charge in [-0.2, -0.15) is 0 Å². The number of hydrogen-bond donors (Lipinski definition) is 1. The Labute approximate surface area is 164 Å². The van der Waals surface area contributed by atoms with Crippen molar-refractivity contribution >= 4 is 17.4 Å². The maximum Gasteiger partial charge on any atom is 0.272 e. The Morgan fingerprint density at radius 2 is 1.86 bits per heavy atom. The molecule has 28 heavy (non-hydrogen) atoms. The minimum absolute atomic E-state index is 0.147. The summed E-state index contributed by atoms with van der Waals surface area (Å²) in [6.07, 6.45) is 5.65. The summed E-state index contributed by atoms with van der Waals surface area (Å²) in [4.78, 5) is 26.6. The predicted octanol–water partition coefficient (Wildman–Crippen LogP) is 3.33. The monoisotopic (exact) mass is 377 g/mol. The van der Waals surface area contributed by atoms with Gasteiger partial charge in [-0.15, -0.1) is 0 Å². The second kappa shape index (κ2) is 9.45. The van der Waals surface area contributed by atoms with Crippen LogP contribution in [-0.2, 0) is 6.42 Å². The average Bonchev–Trinajstić information content (AvgIpc) is 2.74. The lowest BCUT2D eigenvalue weighted by Gasteiger charge is -2.17. The largest absolute Gasteiger partial charge is 0.494 e. The van der Waals surface area contributed by atoms with Crippen molar-refractivity contribution in [1.82, 2.24) is 19.9 Å². The first-order chi connectivity index (χ1) is 13.7. The van der Waals surface area contributed by atoms with E-state index < -0.39 is 0 Å². The summed E-state index contributed by atoms with van der Waals surface area (Å²) < 4.78 is 5.44. The van der Waals surface area contributed by atoms with E-state index in [1.807, 2.05) is 43.3 Å². The van der Waals surface area contributed by atoms with Crippen LogP contribution in [0.25, 0.3) is 0 Å². The fraction of sp³-hybridized carbons (Fsp3) is 0.238. The number of nitrogens with one attached hydrogen (secondary N) is 1. The number of hydrogen-bond acceptors (Lipinski definition) is 6. The molecular weight excluding hydrogens is 354 g/mol. The van der Waals surface area contributed by atoms with Gasteiger partial charge < -0.3 is 15.0 Å². The highest BCUT2D eigenvalue weighted by Crippen LogP contribution is 2.19. The van der Waals surface area contributed by atoms with E-state index in [1.54, 1.807) is 30.4 Å². The normalized spacial score (nSPS) is 10.4. The second-order valence-corrected chi connectivity index (χ2v) is 6.20. The van der Waals surface area contributed by atoms with Crippen LogP contribution in [0.3, 0.4) is 0 Å². The molecule has 2 heterocycles. The van der Waals surface area contributed by atoms with Crippen molar-refractivity contribution in [3.63, 3.8) is 0 Å². The molecule has 7 heteroatoms. The van der Waals surface area contributed by atoms with E-state index in [0.717, 1.165) is 23.4 Å². The topological polar surface area (TPSA) is 80.2 Å². The first-order valence-electron chi connectivity index (χ1n) is 9.12. The number of ether oxygens (including phenoxy) is 1. The molecule has 0 aliphatic heterocycles. The Balaban J connectivity index is 1.62. The van der Waals surface area contributed by atoms with Gasteiger partial charge in [0.25, 0.3) is 5.91 Å². The third-order valence-corrected chi connectivity index (χ3v) is 4.16. The van der Waals surface area contributed by atoms with E-state index in [1.165, 1.54) is 6.33 Å². The molecule has 7 nitrogen and oxygen atoms in total. The number of pyridine rings is 1. The van der Waals surface area contributed by atoms with Gasteiger partial charge in [0.1, 0.15) is 23.6 Å². The van der Waals surface area contributed by atoms with Gasteiger partial charge >= 0.3 is 0 Å². The molecule has 0 aliphatic rings. The summed E-state index contributed by atoms with van der Waals surface area (Å²) in [6, 6.07) is 13.1. The molecule has 0 bridgehead atoms. The average molecular weight is 377 g/mol. The number of carbonyl (C=O) groups is 1. The van der Waals surface area contributed by atoms with Crippen molar-refractivity contribution in [1.29, 1.82) is 0 Å². The van der Waals surface area contributed by atoms with E-state index in [-0.39, 0.29) is 5.91 Å². The smallest absolute Gasteiger partial charge is 0.272 e. The molecule has 0 aliphatic carbocycles. The van der Waals surface area contributed by atoms with E-state index in [4.69, 9.17) is 4.74 Å². The van der Waals surface area contributed by atoms with E-state index in [0.29, 0.717) is 24.7 Å². The highest BCUT2D eigenvalue weighted by Gasteiger charge is 2.14. The van der Waals surface area contributed by atoms with Crippen LogP contribution >= 0.6 is 0 Å². The third kappa shape index (κ3) is 5.26. The Morgan fingerprint density at radius 3 is 2.57 bits per heavy atom. The van der Waals surface area contributed by atoms with E-state index >= 15 is 0 Å². The van der Waals surface area contributed by atoms with Gasteiger partial charge in [0.05, 0.1) is 6.61 Å². The number of benzene rings is 1. The molecule has 2 aromatic heterocycles. The van der Waals surface area contributed by atoms with Gasteiger partial charge in [-0.1, -0.05) is 0 Å². The summed E-state index contributed by atoms with van der Waals surface area (Å²) in [7, 11) is 1.77. The number of rotatable bonds is 8. The molecule has 144 valence electrons. The summed E-state index contributed by atoms with van der Waals surface area (Å²) in [5, 5.41) is 3.18. The quantitative estimate of drug-likeness (QED) is 0.649. The van der Waals surface area contributed by atoms with Gasteiger partial charge in [0, 0.05) is 37.7 Å². The molecule has 0 spiro atoms. The van der Waals surface area contributed by atoms with Crippen LogP contribution in [0.15, 0.2) is 61.2 Å². The molecule has 3 aromatic rings. The number of aromatic nitrogens is 3. The second-order valence-electron chi connectivity index (χ2n) is 6.20. The molecule has 0 saturated heterocycles. The Hall–Kier alpha value is -3.48. The molecule has 3 rings (SSSR count). The Bertz CT molecular complexity index is 900. The number of anilines is 2. The van der Waals surface area contributed by atoms with Gasteiger partial charge in [-0.25, -0.2) is 9.97 Å². The van der Waals surface area contributed by atoms with Crippen LogP contribution in [0.5, 0.6) is 5.75 Å². The van der Waals surface area contributed by atoms with Gasteiger partial charge in [-0.05, 0) is 55.3 Å². The number of amides is 1. The van der Waals surface area contributed by atoms with Crippen LogP contribution < -0.4 is 10.1 Å². The summed E-state index contributed by atoms with van der Waals surface area (Å²) in [6.45, 7) is 3.16. The molecular formula is C21H23N5O2. The van der Waals surface area contributed by atoms with Gasteiger partial charge in [-0.3, -0.25) is 9.78 Å². The van der Waals surface area contributed by atoms with E-state index in [2.05, 4.69) is 20.3 Å². The molecule has 0 fully saturated rings. The molecule has 0 atom stereocenters. The van der Waals surface area contributed by atoms with Crippen molar-refractivity contribution in [2.45, 2.75) is 13.3 Å². The molecule has 1 N–H and O–H groups in total. The number of nitrogens with zero attached hydrogens (tertiary/aromatic N) is 4. The highest BCUT2D eigenvalue weighted by molar-refractivity contribution is 5.92. The van der Waals surface area contributed by atoms with Gasteiger partial charge in [0.2, 0.25) is 0 Å². The zero-order valence-electron chi connectivity index (χ0n) is 16.0. The highest BCUT2D eigenvalue weighted by atomic mass is 16.5. The lowest BCUT2D eigenvalue weighted by molar-refractivity contribution is 0.0790. The first kappa shape index (κ1) is 19.3. The van der Waals surface area contributed by atoms with E-state index in [9.17, 15) is 4.79 Å². The molecule has 1 aromatic carbocycles. The molecule has 0 radical (unpaired) electrons. The fourth-order valence-corrected chi connectivity index (χ4v) is 2.64. The van der Waals surface area contributed by atoms with Crippen molar-refractivity contribution in [2.24, 2.45) is 0 Å². The summed E-state index contributed by atoms with van der Waals surface area (Å²) in [5.74, 6) is 1.22. The Kier molecular flexibility index (Phi) is 6.51. The lowest BCUT2D eigenvalue weighted by Crippen LogP contribution is -2.29. The maximum atomic E-state index is 12.7. The van der Waals surface area contributed by atoms with Crippen molar-refractivity contribution in [3.05, 3.63) is 72.4 Å². The SMILES string of the molecule is CCOc1ccc(Nc2cc(C(=O)N(C)CCc3ccncc3)ncn2)cc1. The van der Waals surface area contributed by atoms with Crippen molar-refractivity contribution < 1.29 is 9.53 Å². The maximum absolute atomic E-state index is 12.7. The number of likely N-dealkylation sites (N-methyl/N-ethyl adjacent to an activating group) is 1. The number of carbonyl (C=O) groups excluding carboxylic acids is 1. The first-order valence-corrected chi connectivity index (χ1v) is 9.12. The lowest BCUT2D eigenvalue weighted by atomic mass is 10.2. The predicted molar refractivity (Wildman–Crippen MR) is 108 cm³/mol. The van der Waals surface area contributed by atoms with Crippen LogP contribution in [0, 0.1) is 0 Å². The summed E-state index contributed by atoms with van der Waals surface area (Å²) >= 11 is 0. The standard InChI is InChI=1S/C21H23N5O2/c1-3-28-18-6-4-17(5-7-18)25-20-14-19(23-15-24-20)21(27)26(2)13-10-16-8-11-22-12-9-16/h4-9,11-12,14-15H,3,10,13H2,1-2H3,(H,23,24,25). The van der Waals surface area contributed by atoms with Crippen molar-refractivity contribution in [2.75, 3.05) is 25.5 Å². The van der Waals surface area contributed by atoms with Crippen LogP contribution in [0.1, 0.15) is 23.0 Å². The zero-order valence-corrected chi connectivity index (χ0v) is 16.0. The van der Waals surface area contributed by atoms with Gasteiger partial charge in [0.15, 0.2) is 0 Å². The van der Waals surface area contributed by atoms with Crippen LogP contribution in [0.4, 0.5) is 11.5 Å². The van der Waals surface area contributed by atoms with Crippen LogP contribution in [0.2, 0.25) is 0 Å². The van der Waals surface area contributed by atoms with Crippen LogP contribution in [-0.4, -0.2) is 46.0 Å². The zero-order chi connectivity index (χ0) is 19.8. The molecule has 0 unspecified atom stereocenters.